The SMILES string of the molecule is C#CC(NC)C(=O)NC(CCCCCCC(NC(=O)C(C#C)NC)C(=O)N1CCCC1C(=O)NC1c2ccccc2-c2ccccc21)C(=O)N1CCCC1C(=O)NC1c2ccccc2-c2ccccc21. The Morgan fingerprint density at radius 1 is 0.529 bits per heavy atom. The van der Waals surface area contributed by atoms with Crippen molar-refractivity contribution in [3.8, 4) is 46.9 Å². The van der Waals surface area contributed by atoms with Crippen LogP contribution in [0.1, 0.15) is 98.5 Å². The Balaban J connectivity index is 0.902. The molecule has 6 unspecified atom stereocenters. The summed E-state index contributed by atoms with van der Waals surface area (Å²) in [6, 6.07) is 26.0. The molecule has 4 aromatic carbocycles. The van der Waals surface area contributed by atoms with E-state index >= 15 is 0 Å². The lowest BCUT2D eigenvalue weighted by molar-refractivity contribution is -0.141. The van der Waals surface area contributed by atoms with Crippen LogP contribution in [0.25, 0.3) is 22.3 Å². The summed E-state index contributed by atoms with van der Waals surface area (Å²) < 4.78 is 0. The highest BCUT2D eigenvalue weighted by Crippen LogP contribution is 2.44. The maximum atomic E-state index is 14.5. The molecule has 70 heavy (non-hydrogen) atoms. The van der Waals surface area contributed by atoms with Crippen molar-refractivity contribution in [2.24, 2.45) is 0 Å². The van der Waals surface area contributed by atoms with Crippen LogP contribution in [0.3, 0.4) is 0 Å². The normalized spacial score (nSPS) is 18.5. The van der Waals surface area contributed by atoms with Gasteiger partial charge in [0.1, 0.15) is 36.3 Å². The van der Waals surface area contributed by atoms with E-state index in [1.807, 2.05) is 97.1 Å². The van der Waals surface area contributed by atoms with Crippen molar-refractivity contribution in [2.75, 3.05) is 27.2 Å². The lowest BCUT2D eigenvalue weighted by atomic mass is 10.0. The van der Waals surface area contributed by atoms with E-state index in [4.69, 9.17) is 12.8 Å². The summed E-state index contributed by atoms with van der Waals surface area (Å²) in [7, 11) is 3.14. The van der Waals surface area contributed by atoms with E-state index in [1.54, 1.807) is 23.9 Å². The average molecular weight is 943 g/mol. The predicted molar refractivity (Wildman–Crippen MR) is 268 cm³/mol. The van der Waals surface area contributed by atoms with Gasteiger partial charge in [0.05, 0.1) is 12.1 Å². The minimum atomic E-state index is -0.963. The first-order valence-electron chi connectivity index (χ1n) is 24.5. The second-order valence-corrected chi connectivity index (χ2v) is 18.5. The summed E-state index contributed by atoms with van der Waals surface area (Å²) >= 11 is 0. The van der Waals surface area contributed by atoms with E-state index < -0.39 is 48.1 Å². The number of amides is 6. The van der Waals surface area contributed by atoms with Gasteiger partial charge in [0.2, 0.25) is 35.4 Å². The molecular formula is C56H62N8O6. The monoisotopic (exact) mass is 942 g/mol. The number of terminal acetylenes is 2. The van der Waals surface area contributed by atoms with E-state index in [2.05, 4.69) is 43.7 Å². The van der Waals surface area contributed by atoms with E-state index in [1.165, 1.54) is 0 Å². The smallest absolute Gasteiger partial charge is 0.250 e. The van der Waals surface area contributed by atoms with Crippen molar-refractivity contribution in [1.82, 2.24) is 41.7 Å². The molecule has 6 atom stereocenters. The fraction of sp³-hybridized carbons (Fsp3) is 0.393. The molecular weight excluding hydrogens is 881 g/mol. The van der Waals surface area contributed by atoms with Gasteiger partial charge in [0.15, 0.2) is 0 Å². The van der Waals surface area contributed by atoms with Crippen LogP contribution in [0, 0.1) is 24.7 Å². The molecule has 14 heteroatoms. The van der Waals surface area contributed by atoms with Gasteiger partial charge in [0, 0.05) is 13.1 Å². The quantitative estimate of drug-likeness (QED) is 0.0588. The fourth-order valence-electron chi connectivity index (χ4n) is 10.8. The van der Waals surface area contributed by atoms with Gasteiger partial charge in [-0.1, -0.05) is 135 Å². The number of hydrogen-bond acceptors (Lipinski definition) is 8. The van der Waals surface area contributed by atoms with Crippen molar-refractivity contribution in [2.45, 2.75) is 113 Å². The lowest BCUT2D eigenvalue weighted by Gasteiger charge is -2.30. The zero-order valence-corrected chi connectivity index (χ0v) is 39.8. The van der Waals surface area contributed by atoms with Gasteiger partial charge in [0.25, 0.3) is 0 Å². The van der Waals surface area contributed by atoms with Gasteiger partial charge >= 0.3 is 0 Å². The molecule has 2 aliphatic carbocycles. The number of likely N-dealkylation sites (tertiary alicyclic amines) is 2. The van der Waals surface area contributed by atoms with Crippen molar-refractivity contribution in [1.29, 1.82) is 0 Å². The number of rotatable bonds is 19. The van der Waals surface area contributed by atoms with Crippen molar-refractivity contribution in [3.05, 3.63) is 119 Å². The topological polar surface area (TPSA) is 181 Å². The second-order valence-electron chi connectivity index (χ2n) is 18.5. The van der Waals surface area contributed by atoms with Gasteiger partial charge in [-0.25, -0.2) is 0 Å². The van der Waals surface area contributed by atoms with Crippen LogP contribution in [0.4, 0.5) is 0 Å². The number of nitrogens with zero attached hydrogens (tertiary/aromatic N) is 2. The van der Waals surface area contributed by atoms with Crippen LogP contribution >= 0.6 is 0 Å². The Hall–Kier alpha value is -7.26. The number of nitrogens with one attached hydrogen (secondary N) is 6. The third-order valence-corrected chi connectivity index (χ3v) is 14.3. The van der Waals surface area contributed by atoms with Gasteiger partial charge in [-0.3, -0.25) is 39.4 Å². The largest absolute Gasteiger partial charge is 0.343 e. The van der Waals surface area contributed by atoms with E-state index in [0.717, 1.165) is 44.5 Å². The first-order chi connectivity index (χ1) is 34.1. The van der Waals surface area contributed by atoms with Crippen LogP contribution in [-0.2, 0) is 28.8 Å². The van der Waals surface area contributed by atoms with E-state index in [-0.39, 0.29) is 48.6 Å². The number of benzene rings is 4. The highest BCUT2D eigenvalue weighted by Gasteiger charge is 2.42. The number of carbonyl (C=O) groups excluding carboxylic acids is 6. The summed E-state index contributed by atoms with van der Waals surface area (Å²) in [6.07, 6.45) is 16.4. The summed E-state index contributed by atoms with van der Waals surface area (Å²) in [5, 5.41) is 17.8. The molecule has 8 rings (SSSR count). The second kappa shape index (κ2) is 22.4. The van der Waals surface area contributed by atoms with Crippen molar-refractivity contribution in [3.63, 3.8) is 0 Å². The molecule has 2 aliphatic heterocycles. The molecule has 14 nitrogen and oxygen atoms in total. The highest BCUT2D eigenvalue weighted by molar-refractivity contribution is 5.96. The third kappa shape index (κ3) is 10.2. The molecule has 0 bridgehead atoms. The van der Waals surface area contributed by atoms with E-state index in [0.29, 0.717) is 64.5 Å². The van der Waals surface area contributed by atoms with Crippen LogP contribution in [0.2, 0.25) is 0 Å². The maximum Gasteiger partial charge on any atom is 0.250 e. The minimum absolute atomic E-state index is 0.255. The Kier molecular flexibility index (Phi) is 15.8. The molecule has 0 saturated carbocycles. The predicted octanol–water partition coefficient (Wildman–Crippen LogP) is 4.49. The van der Waals surface area contributed by atoms with Crippen LogP contribution in [0.5, 0.6) is 0 Å². The first kappa shape index (κ1) is 49.2. The molecule has 0 spiro atoms. The molecule has 6 N–H and O–H groups in total. The molecule has 6 amide bonds. The summed E-state index contributed by atoms with van der Waals surface area (Å²) in [5.41, 5.74) is 8.25. The van der Waals surface area contributed by atoms with Gasteiger partial charge in [-0.15, -0.1) is 12.8 Å². The number of carbonyl (C=O) groups is 6. The summed E-state index contributed by atoms with van der Waals surface area (Å²) in [6.45, 7) is 0.728. The molecule has 0 radical (unpaired) electrons. The average Bonchev–Trinajstić information content (AvgIpc) is 4.20. The molecule has 2 saturated heterocycles. The Labute approximate surface area is 410 Å². The zero-order valence-electron chi connectivity index (χ0n) is 39.8. The molecule has 0 aromatic heterocycles. The standard InChI is InChI=1S/C56H62N8O6/c1-5-43(57-3)51(65)59-45(55(69)63-33-19-31-47(63)53(67)61-49-39-25-15-11-21-35(39)36-22-12-16-26-40(36)49)29-9-7-8-10-30-46(60-52(66)44(6-2)58-4)56(70)64-34-20-32-48(64)54(68)62-50-41-27-17-13-23-37(41)38-24-14-18-28-42(38)50/h1-2,11-18,21-28,43-50,57-58H,7-10,19-20,29-34H2,3-4H3,(H,59,65)(H,60,66)(H,61,67)(H,62,68). The highest BCUT2D eigenvalue weighted by atomic mass is 16.2. The Morgan fingerprint density at radius 2 is 0.857 bits per heavy atom. The fourth-order valence-corrected chi connectivity index (χ4v) is 10.8. The van der Waals surface area contributed by atoms with Gasteiger partial charge in [-0.2, -0.15) is 0 Å². The van der Waals surface area contributed by atoms with E-state index in [9.17, 15) is 28.8 Å². The van der Waals surface area contributed by atoms with Crippen molar-refractivity contribution >= 4 is 35.4 Å². The first-order valence-corrected chi connectivity index (χ1v) is 24.5. The van der Waals surface area contributed by atoms with Gasteiger partial charge in [-0.05, 0) is 97.1 Å². The number of unbranched alkanes of at least 4 members (excludes halogenated alkanes) is 3. The summed E-state index contributed by atoms with van der Waals surface area (Å²) in [4.78, 5) is 87.0. The van der Waals surface area contributed by atoms with Crippen molar-refractivity contribution < 1.29 is 28.8 Å². The van der Waals surface area contributed by atoms with Crippen LogP contribution in [0.15, 0.2) is 97.1 Å². The summed E-state index contributed by atoms with van der Waals surface area (Å²) in [5.74, 6) is 2.60. The number of likely N-dealkylation sites (N-methyl/N-ethyl adjacent to an activating group) is 2. The maximum absolute atomic E-state index is 14.5. The molecule has 4 aromatic rings. The van der Waals surface area contributed by atoms with Gasteiger partial charge < -0.3 is 31.1 Å². The minimum Gasteiger partial charge on any atom is -0.343 e. The molecule has 2 heterocycles. The van der Waals surface area contributed by atoms with Crippen LogP contribution < -0.4 is 31.9 Å². The lowest BCUT2D eigenvalue weighted by Crippen LogP contribution is -2.56. The Bertz CT molecular complexity index is 2430. The molecule has 4 aliphatic rings. The Morgan fingerprint density at radius 3 is 1.17 bits per heavy atom. The molecule has 2 fully saturated rings. The zero-order chi connectivity index (χ0) is 49.3. The number of hydrogen-bond donors (Lipinski definition) is 6. The number of fused-ring (bicyclic) bond motifs is 6. The third-order valence-electron chi connectivity index (χ3n) is 14.3. The van der Waals surface area contributed by atoms with Crippen LogP contribution in [-0.4, -0.2) is 109 Å². The molecule has 362 valence electrons.